The van der Waals surface area contributed by atoms with Crippen molar-refractivity contribution in [3.8, 4) is 11.5 Å². The molecule has 0 radical (unpaired) electrons. The van der Waals surface area contributed by atoms with Gasteiger partial charge < -0.3 is 19.7 Å². The van der Waals surface area contributed by atoms with Crippen LogP contribution >= 0.6 is 0 Å². The molecule has 2 aromatic rings. The van der Waals surface area contributed by atoms with Crippen molar-refractivity contribution < 1.29 is 19.2 Å². The first kappa shape index (κ1) is 18.8. The van der Waals surface area contributed by atoms with E-state index in [1.165, 1.54) is 5.56 Å². The molecular formula is C20H27N2O3+. The van der Waals surface area contributed by atoms with Crippen LogP contribution in [-0.4, -0.2) is 40.3 Å². The summed E-state index contributed by atoms with van der Waals surface area (Å²) in [6.45, 7) is 1.84. The number of benzene rings is 2. The maximum Gasteiger partial charge on any atom is 0.275 e. The lowest BCUT2D eigenvalue weighted by Gasteiger charge is -2.15. The third-order valence-corrected chi connectivity index (χ3v) is 3.99. The molecule has 0 bridgehead atoms. The molecule has 5 heteroatoms. The van der Waals surface area contributed by atoms with Gasteiger partial charge in [0.2, 0.25) is 0 Å². The fourth-order valence-electron chi connectivity index (χ4n) is 2.73. The molecule has 5 nitrogen and oxygen atoms in total. The maximum absolute atomic E-state index is 12.1. The van der Waals surface area contributed by atoms with Gasteiger partial charge in [-0.2, -0.15) is 0 Å². The molecule has 0 spiro atoms. The average molecular weight is 343 g/mol. The predicted molar refractivity (Wildman–Crippen MR) is 98.2 cm³/mol. The second-order valence-electron chi connectivity index (χ2n) is 6.09. The van der Waals surface area contributed by atoms with Crippen molar-refractivity contribution >= 4 is 5.91 Å². The molecule has 0 aliphatic heterocycles. The van der Waals surface area contributed by atoms with Crippen LogP contribution < -0.4 is 19.7 Å². The molecule has 2 rings (SSSR count). The third-order valence-electron chi connectivity index (χ3n) is 3.99. The fraction of sp³-hybridized carbons (Fsp3) is 0.350. The van der Waals surface area contributed by atoms with Crippen LogP contribution in [-0.2, 0) is 17.8 Å². The Morgan fingerprint density at radius 3 is 2.40 bits per heavy atom. The molecule has 0 aromatic heterocycles. The van der Waals surface area contributed by atoms with Crippen molar-refractivity contribution in [1.29, 1.82) is 0 Å². The summed E-state index contributed by atoms with van der Waals surface area (Å²) in [4.78, 5) is 13.2. The SMILES string of the molecule is COc1ccc(C[NH+](C)CC(=O)NCCc2ccccc2)cc1OC. The summed E-state index contributed by atoms with van der Waals surface area (Å²) in [5.41, 5.74) is 2.33. The smallest absolute Gasteiger partial charge is 0.275 e. The second kappa shape index (κ2) is 9.69. The second-order valence-corrected chi connectivity index (χ2v) is 6.09. The van der Waals surface area contributed by atoms with Gasteiger partial charge in [0.05, 0.1) is 21.3 Å². The molecule has 0 aliphatic carbocycles. The first-order valence-corrected chi connectivity index (χ1v) is 8.45. The number of hydrogen-bond donors (Lipinski definition) is 2. The summed E-state index contributed by atoms with van der Waals surface area (Å²) >= 11 is 0. The Labute approximate surface area is 149 Å². The molecule has 0 heterocycles. The van der Waals surface area contributed by atoms with Gasteiger partial charge in [0.15, 0.2) is 18.0 Å². The number of ether oxygens (including phenoxy) is 2. The van der Waals surface area contributed by atoms with Gasteiger partial charge in [-0.05, 0) is 30.2 Å². The number of carbonyl (C=O) groups is 1. The summed E-state index contributed by atoms with van der Waals surface area (Å²) < 4.78 is 10.6. The summed E-state index contributed by atoms with van der Waals surface area (Å²) in [6.07, 6.45) is 0.849. The number of quaternary nitrogens is 1. The number of rotatable bonds is 9. The monoisotopic (exact) mass is 343 g/mol. The number of nitrogens with one attached hydrogen (secondary N) is 2. The fourth-order valence-corrected chi connectivity index (χ4v) is 2.73. The zero-order chi connectivity index (χ0) is 18.1. The maximum atomic E-state index is 12.1. The van der Waals surface area contributed by atoms with E-state index in [0.29, 0.717) is 24.6 Å². The van der Waals surface area contributed by atoms with E-state index >= 15 is 0 Å². The van der Waals surface area contributed by atoms with E-state index in [2.05, 4.69) is 17.4 Å². The normalized spacial score (nSPS) is 11.6. The van der Waals surface area contributed by atoms with E-state index in [0.717, 1.165) is 23.4 Å². The number of hydrogen-bond acceptors (Lipinski definition) is 3. The first-order valence-electron chi connectivity index (χ1n) is 8.45. The van der Waals surface area contributed by atoms with Crippen LogP contribution in [0.15, 0.2) is 48.5 Å². The Morgan fingerprint density at radius 2 is 1.72 bits per heavy atom. The van der Waals surface area contributed by atoms with E-state index in [1.54, 1.807) is 14.2 Å². The van der Waals surface area contributed by atoms with E-state index in [4.69, 9.17) is 9.47 Å². The van der Waals surface area contributed by atoms with Crippen LogP contribution in [0.1, 0.15) is 11.1 Å². The van der Waals surface area contributed by atoms with Crippen LogP contribution in [0.3, 0.4) is 0 Å². The van der Waals surface area contributed by atoms with Crippen molar-refractivity contribution in [1.82, 2.24) is 5.32 Å². The Kier molecular flexibility index (Phi) is 7.29. The van der Waals surface area contributed by atoms with Gasteiger partial charge in [0, 0.05) is 12.1 Å². The highest BCUT2D eigenvalue weighted by Gasteiger charge is 2.12. The molecule has 0 aliphatic rings. The molecule has 0 saturated carbocycles. The number of carbonyl (C=O) groups excluding carboxylic acids is 1. The van der Waals surface area contributed by atoms with Crippen molar-refractivity contribution in [2.24, 2.45) is 0 Å². The van der Waals surface area contributed by atoms with Crippen molar-refractivity contribution in [3.05, 3.63) is 59.7 Å². The molecule has 0 fully saturated rings. The van der Waals surface area contributed by atoms with E-state index < -0.39 is 0 Å². The standard InChI is InChI=1S/C20H26N2O3/c1-22(14-17-9-10-18(24-2)19(13-17)25-3)15-20(23)21-12-11-16-7-5-4-6-8-16/h4-10,13H,11-12,14-15H2,1-3H3,(H,21,23)/p+1. The molecule has 2 aromatic carbocycles. The lowest BCUT2D eigenvalue weighted by Crippen LogP contribution is -3.08. The molecule has 2 N–H and O–H groups in total. The van der Waals surface area contributed by atoms with Gasteiger partial charge in [0.1, 0.15) is 6.54 Å². The van der Waals surface area contributed by atoms with Gasteiger partial charge in [-0.1, -0.05) is 30.3 Å². The molecule has 1 unspecified atom stereocenters. The summed E-state index contributed by atoms with van der Waals surface area (Å²) in [5.74, 6) is 1.48. The zero-order valence-corrected chi connectivity index (χ0v) is 15.2. The van der Waals surface area contributed by atoms with E-state index in [-0.39, 0.29) is 5.91 Å². The van der Waals surface area contributed by atoms with Gasteiger partial charge in [-0.15, -0.1) is 0 Å². The van der Waals surface area contributed by atoms with Crippen LogP contribution in [0, 0.1) is 0 Å². The highest BCUT2D eigenvalue weighted by molar-refractivity contribution is 5.76. The van der Waals surface area contributed by atoms with Gasteiger partial charge in [0.25, 0.3) is 5.91 Å². The van der Waals surface area contributed by atoms with Crippen molar-refractivity contribution in [2.75, 3.05) is 34.4 Å². The van der Waals surface area contributed by atoms with Gasteiger partial charge in [-0.25, -0.2) is 0 Å². The van der Waals surface area contributed by atoms with Crippen molar-refractivity contribution in [2.45, 2.75) is 13.0 Å². The number of likely N-dealkylation sites (N-methyl/N-ethyl adjacent to an activating group) is 1. The van der Waals surface area contributed by atoms with Crippen LogP contribution in [0.4, 0.5) is 0 Å². The van der Waals surface area contributed by atoms with E-state index in [9.17, 15) is 4.79 Å². The lowest BCUT2D eigenvalue weighted by atomic mass is 10.1. The summed E-state index contributed by atoms with van der Waals surface area (Å²) in [7, 11) is 5.25. The Balaban J connectivity index is 1.77. The van der Waals surface area contributed by atoms with Gasteiger partial charge >= 0.3 is 0 Å². The third kappa shape index (κ3) is 6.12. The van der Waals surface area contributed by atoms with Crippen LogP contribution in [0.2, 0.25) is 0 Å². The molecule has 25 heavy (non-hydrogen) atoms. The molecule has 1 amide bonds. The number of amides is 1. The molecule has 0 saturated heterocycles. The highest BCUT2D eigenvalue weighted by Crippen LogP contribution is 2.27. The van der Waals surface area contributed by atoms with Crippen LogP contribution in [0.5, 0.6) is 11.5 Å². The predicted octanol–water partition coefficient (Wildman–Crippen LogP) is 1.08. The lowest BCUT2D eigenvalue weighted by molar-refractivity contribution is -0.885. The van der Waals surface area contributed by atoms with Gasteiger partial charge in [-0.3, -0.25) is 4.79 Å². The minimum atomic E-state index is 0.0638. The minimum Gasteiger partial charge on any atom is -0.493 e. The van der Waals surface area contributed by atoms with Crippen LogP contribution in [0.25, 0.3) is 0 Å². The Morgan fingerprint density at radius 1 is 1.00 bits per heavy atom. The molecule has 1 atom stereocenters. The topological polar surface area (TPSA) is 52.0 Å². The molecule has 134 valence electrons. The number of methoxy groups -OCH3 is 2. The van der Waals surface area contributed by atoms with E-state index in [1.807, 2.05) is 43.4 Å². The quantitative estimate of drug-likeness (QED) is 0.716. The molecular weight excluding hydrogens is 316 g/mol. The first-order chi connectivity index (χ1) is 12.1. The highest BCUT2D eigenvalue weighted by atomic mass is 16.5. The Bertz CT molecular complexity index is 674. The minimum absolute atomic E-state index is 0.0638. The Hall–Kier alpha value is -2.53. The zero-order valence-electron chi connectivity index (χ0n) is 15.2. The summed E-state index contributed by atoms with van der Waals surface area (Å²) in [6, 6.07) is 16.0. The van der Waals surface area contributed by atoms with Crippen molar-refractivity contribution in [3.63, 3.8) is 0 Å². The average Bonchev–Trinajstić information content (AvgIpc) is 2.62. The largest absolute Gasteiger partial charge is 0.493 e. The summed E-state index contributed by atoms with van der Waals surface area (Å²) in [5, 5.41) is 2.98.